The summed E-state index contributed by atoms with van der Waals surface area (Å²) in [4.78, 5) is 13.0. The first-order valence-corrected chi connectivity index (χ1v) is 8.35. The molecule has 5 heteroatoms. The van der Waals surface area contributed by atoms with Crippen molar-refractivity contribution in [2.75, 3.05) is 20.5 Å². The van der Waals surface area contributed by atoms with Crippen LogP contribution in [0.5, 0.6) is 11.5 Å². The standard InChI is InChI=1S/C16H22O4S/c1-19-12-10-14(21-3)13(20-2)9-11(12)16(15(17)18)7-5-4-6-8-16/h9-10H,4-8H2,1-3H3,(H,17,18). The number of aliphatic carboxylic acids is 1. The van der Waals surface area contributed by atoms with E-state index in [1.54, 1.807) is 26.0 Å². The maximum absolute atomic E-state index is 12.0. The summed E-state index contributed by atoms with van der Waals surface area (Å²) < 4.78 is 10.9. The van der Waals surface area contributed by atoms with Gasteiger partial charge in [0.05, 0.1) is 24.5 Å². The molecule has 0 atom stereocenters. The minimum atomic E-state index is -0.853. The molecule has 0 radical (unpaired) electrons. The number of ether oxygens (including phenoxy) is 2. The van der Waals surface area contributed by atoms with Gasteiger partial charge in [0.1, 0.15) is 11.5 Å². The minimum absolute atomic E-state index is 0.643. The fraction of sp³-hybridized carbons (Fsp3) is 0.562. The zero-order chi connectivity index (χ0) is 15.5. The maximum Gasteiger partial charge on any atom is 0.314 e. The molecule has 0 saturated heterocycles. The molecule has 0 amide bonds. The lowest BCUT2D eigenvalue weighted by molar-refractivity contribution is -0.145. The van der Waals surface area contributed by atoms with Crippen LogP contribution in [0.4, 0.5) is 0 Å². The Morgan fingerprint density at radius 2 is 1.76 bits per heavy atom. The van der Waals surface area contributed by atoms with Crippen LogP contribution in [0.15, 0.2) is 17.0 Å². The van der Waals surface area contributed by atoms with Crippen LogP contribution in [0.1, 0.15) is 37.7 Å². The summed E-state index contributed by atoms with van der Waals surface area (Å²) in [5, 5.41) is 9.85. The smallest absolute Gasteiger partial charge is 0.314 e. The van der Waals surface area contributed by atoms with Gasteiger partial charge in [-0.25, -0.2) is 0 Å². The average molecular weight is 310 g/mol. The fourth-order valence-corrected chi connectivity index (χ4v) is 3.73. The van der Waals surface area contributed by atoms with Crippen molar-refractivity contribution in [2.24, 2.45) is 0 Å². The molecule has 1 fully saturated rings. The SMILES string of the molecule is COc1cc(C2(C(=O)O)CCCCC2)c(OC)cc1SC. The van der Waals surface area contributed by atoms with Gasteiger partial charge < -0.3 is 14.6 Å². The van der Waals surface area contributed by atoms with Gasteiger partial charge in [-0.3, -0.25) is 4.79 Å². The molecule has 2 rings (SSSR count). The topological polar surface area (TPSA) is 55.8 Å². The summed E-state index contributed by atoms with van der Waals surface area (Å²) in [6.45, 7) is 0. The van der Waals surface area contributed by atoms with Crippen molar-refractivity contribution >= 4 is 17.7 Å². The third kappa shape index (κ3) is 2.84. The summed E-state index contributed by atoms with van der Waals surface area (Å²) in [7, 11) is 3.20. The molecule has 1 aromatic rings. The highest BCUT2D eigenvalue weighted by atomic mass is 32.2. The monoisotopic (exact) mass is 310 g/mol. The quantitative estimate of drug-likeness (QED) is 0.840. The second kappa shape index (κ2) is 6.60. The molecule has 0 aliphatic heterocycles. The van der Waals surface area contributed by atoms with Crippen molar-refractivity contribution in [2.45, 2.75) is 42.4 Å². The lowest BCUT2D eigenvalue weighted by atomic mass is 9.69. The highest BCUT2D eigenvalue weighted by Crippen LogP contribution is 2.46. The summed E-state index contributed by atoms with van der Waals surface area (Å²) in [5.74, 6) is 0.591. The van der Waals surface area contributed by atoms with Crippen LogP contribution in [-0.2, 0) is 10.2 Å². The van der Waals surface area contributed by atoms with E-state index < -0.39 is 11.4 Å². The Bertz CT molecular complexity index is 521. The van der Waals surface area contributed by atoms with Crippen LogP contribution in [0.3, 0.4) is 0 Å². The first kappa shape index (κ1) is 16.0. The molecule has 21 heavy (non-hydrogen) atoms. The van der Waals surface area contributed by atoms with Gasteiger partial charge >= 0.3 is 5.97 Å². The second-order valence-electron chi connectivity index (χ2n) is 5.36. The molecule has 1 saturated carbocycles. The van der Waals surface area contributed by atoms with Crippen molar-refractivity contribution in [1.29, 1.82) is 0 Å². The first-order valence-electron chi connectivity index (χ1n) is 7.13. The Balaban J connectivity index is 2.61. The van der Waals surface area contributed by atoms with Crippen molar-refractivity contribution in [1.82, 2.24) is 0 Å². The van der Waals surface area contributed by atoms with Crippen LogP contribution in [0.2, 0.25) is 0 Å². The summed E-state index contributed by atoms with van der Waals surface area (Å²) in [5.41, 5.74) is -0.111. The predicted octanol–water partition coefficient (Wildman–Crippen LogP) is 3.71. The number of carbonyl (C=O) groups is 1. The highest BCUT2D eigenvalue weighted by molar-refractivity contribution is 7.98. The Kier molecular flexibility index (Phi) is 5.04. The Morgan fingerprint density at radius 1 is 1.14 bits per heavy atom. The van der Waals surface area contributed by atoms with Gasteiger partial charge in [0.25, 0.3) is 0 Å². The average Bonchev–Trinajstić information content (AvgIpc) is 2.53. The number of methoxy groups -OCH3 is 2. The van der Waals surface area contributed by atoms with Gasteiger partial charge in [-0.2, -0.15) is 0 Å². The van der Waals surface area contributed by atoms with E-state index in [0.717, 1.165) is 29.7 Å². The first-order chi connectivity index (χ1) is 10.1. The zero-order valence-corrected chi connectivity index (χ0v) is 13.6. The Morgan fingerprint density at radius 3 is 2.24 bits per heavy atom. The normalized spacial score (nSPS) is 17.3. The van der Waals surface area contributed by atoms with Crippen molar-refractivity contribution in [3.63, 3.8) is 0 Å². The number of hydrogen-bond donors (Lipinski definition) is 1. The summed E-state index contributed by atoms with van der Waals surface area (Å²) >= 11 is 1.56. The number of hydrogen-bond acceptors (Lipinski definition) is 4. The second-order valence-corrected chi connectivity index (χ2v) is 6.20. The lowest BCUT2D eigenvalue weighted by Gasteiger charge is -2.35. The number of carboxylic acids is 1. The number of thioether (sulfide) groups is 1. The van der Waals surface area contributed by atoms with E-state index in [0.29, 0.717) is 24.3 Å². The third-order valence-corrected chi connectivity index (χ3v) is 5.10. The van der Waals surface area contributed by atoms with Gasteiger partial charge in [-0.15, -0.1) is 11.8 Å². The minimum Gasteiger partial charge on any atom is -0.496 e. The molecule has 0 heterocycles. The molecule has 116 valence electrons. The Labute approximate surface area is 129 Å². The van der Waals surface area contributed by atoms with Gasteiger partial charge in [-0.1, -0.05) is 19.3 Å². The van der Waals surface area contributed by atoms with Gasteiger partial charge in [0.15, 0.2) is 0 Å². The van der Waals surface area contributed by atoms with E-state index in [1.807, 2.05) is 18.4 Å². The molecular formula is C16H22O4S. The molecule has 1 N–H and O–H groups in total. The molecule has 0 aromatic heterocycles. The summed E-state index contributed by atoms with van der Waals surface area (Å²) in [6.07, 6.45) is 6.23. The molecular weight excluding hydrogens is 288 g/mol. The van der Waals surface area contributed by atoms with Crippen molar-refractivity contribution < 1.29 is 19.4 Å². The van der Waals surface area contributed by atoms with Gasteiger partial charge in [0.2, 0.25) is 0 Å². The number of carboxylic acid groups (broad SMARTS) is 1. The molecule has 1 aliphatic rings. The lowest BCUT2D eigenvalue weighted by Crippen LogP contribution is -2.38. The van der Waals surface area contributed by atoms with Crippen LogP contribution in [0, 0.1) is 0 Å². The molecule has 4 nitrogen and oxygen atoms in total. The van der Waals surface area contributed by atoms with Crippen LogP contribution < -0.4 is 9.47 Å². The molecule has 0 bridgehead atoms. The predicted molar refractivity (Wildman–Crippen MR) is 83.7 cm³/mol. The van der Waals surface area contributed by atoms with Crippen molar-refractivity contribution in [3.05, 3.63) is 17.7 Å². The third-order valence-electron chi connectivity index (χ3n) is 4.34. The van der Waals surface area contributed by atoms with Crippen LogP contribution >= 0.6 is 11.8 Å². The molecule has 0 unspecified atom stereocenters. The number of benzene rings is 1. The number of rotatable bonds is 5. The Hall–Kier alpha value is -1.36. The fourth-order valence-electron chi connectivity index (χ4n) is 3.16. The van der Waals surface area contributed by atoms with Gasteiger partial charge in [-0.05, 0) is 31.2 Å². The van der Waals surface area contributed by atoms with Crippen molar-refractivity contribution in [3.8, 4) is 11.5 Å². The molecule has 1 aromatic carbocycles. The molecule has 0 spiro atoms. The van der Waals surface area contributed by atoms with E-state index in [2.05, 4.69) is 0 Å². The van der Waals surface area contributed by atoms with E-state index in [1.165, 1.54) is 0 Å². The maximum atomic E-state index is 12.0. The summed E-state index contributed by atoms with van der Waals surface area (Å²) in [6, 6.07) is 3.74. The van der Waals surface area contributed by atoms with E-state index >= 15 is 0 Å². The van der Waals surface area contributed by atoms with Gasteiger partial charge in [0, 0.05) is 5.56 Å². The zero-order valence-electron chi connectivity index (χ0n) is 12.8. The highest BCUT2D eigenvalue weighted by Gasteiger charge is 2.43. The van der Waals surface area contributed by atoms with E-state index in [-0.39, 0.29) is 0 Å². The molecule has 1 aliphatic carbocycles. The van der Waals surface area contributed by atoms with Crippen LogP contribution in [-0.4, -0.2) is 31.6 Å². The van der Waals surface area contributed by atoms with Crippen LogP contribution in [0.25, 0.3) is 0 Å². The largest absolute Gasteiger partial charge is 0.496 e. The van der Waals surface area contributed by atoms with E-state index in [4.69, 9.17) is 9.47 Å². The van der Waals surface area contributed by atoms with E-state index in [9.17, 15) is 9.90 Å².